The summed E-state index contributed by atoms with van der Waals surface area (Å²) in [4.78, 5) is 24.0. The highest BCUT2D eigenvalue weighted by Crippen LogP contribution is 2.29. The number of hydrogen-bond donors (Lipinski definition) is 2. The van der Waals surface area contributed by atoms with Crippen molar-refractivity contribution in [3.8, 4) is 0 Å². The lowest BCUT2D eigenvalue weighted by Crippen LogP contribution is -2.46. The van der Waals surface area contributed by atoms with E-state index in [4.69, 9.17) is 4.42 Å². The number of hydrogen-bond acceptors (Lipinski definition) is 5. The van der Waals surface area contributed by atoms with Gasteiger partial charge < -0.3 is 15.1 Å². The van der Waals surface area contributed by atoms with E-state index in [0.29, 0.717) is 24.2 Å². The molecular formula is C18H21N3O5S. The van der Waals surface area contributed by atoms with E-state index in [-0.39, 0.29) is 12.3 Å². The van der Waals surface area contributed by atoms with Crippen molar-refractivity contribution in [3.05, 3.63) is 54.0 Å². The summed E-state index contributed by atoms with van der Waals surface area (Å²) >= 11 is 0. The lowest BCUT2D eigenvalue weighted by molar-refractivity contribution is -0.122. The first kappa shape index (κ1) is 19.0. The normalized spacial score (nSPS) is 14.5. The zero-order valence-corrected chi connectivity index (χ0v) is 15.7. The standard InChI is InChI=1S/C18H21N3O5S/c1-13(20-18(23)15-7-10-26-12-15)17(22)19-8-11-27(24,25)21-9-6-14-4-2-3-5-16(14)21/h2-5,7,10,12-13H,6,8-9,11H2,1H3,(H,19,22)(H,20,23). The van der Waals surface area contributed by atoms with Crippen molar-refractivity contribution in [2.45, 2.75) is 19.4 Å². The number of benzene rings is 1. The van der Waals surface area contributed by atoms with E-state index in [9.17, 15) is 18.0 Å². The number of anilines is 1. The molecule has 3 rings (SSSR count). The maximum Gasteiger partial charge on any atom is 0.255 e. The molecule has 1 aromatic carbocycles. The van der Waals surface area contributed by atoms with Gasteiger partial charge in [0.15, 0.2) is 0 Å². The molecule has 1 unspecified atom stereocenters. The van der Waals surface area contributed by atoms with Crippen molar-refractivity contribution in [1.82, 2.24) is 10.6 Å². The SMILES string of the molecule is CC(NC(=O)c1ccoc1)C(=O)NCCS(=O)(=O)N1CCc2ccccc21. The van der Waals surface area contributed by atoms with Crippen LogP contribution in [0.15, 0.2) is 47.3 Å². The van der Waals surface area contributed by atoms with Crippen LogP contribution in [-0.4, -0.2) is 45.1 Å². The number of nitrogens with one attached hydrogen (secondary N) is 2. The van der Waals surface area contributed by atoms with Crippen LogP contribution >= 0.6 is 0 Å². The van der Waals surface area contributed by atoms with Gasteiger partial charge in [-0.05, 0) is 31.0 Å². The molecular weight excluding hydrogens is 370 g/mol. The predicted molar refractivity (Wildman–Crippen MR) is 99.9 cm³/mol. The average Bonchev–Trinajstić information content (AvgIpc) is 3.31. The number of fused-ring (bicyclic) bond motifs is 1. The molecule has 8 nitrogen and oxygen atoms in total. The van der Waals surface area contributed by atoms with Crippen molar-refractivity contribution in [2.24, 2.45) is 0 Å². The number of furan rings is 1. The topological polar surface area (TPSA) is 109 Å². The molecule has 27 heavy (non-hydrogen) atoms. The van der Waals surface area contributed by atoms with Crippen LogP contribution in [0.5, 0.6) is 0 Å². The first-order valence-corrected chi connectivity index (χ1v) is 10.2. The van der Waals surface area contributed by atoms with Gasteiger partial charge >= 0.3 is 0 Å². The molecule has 9 heteroatoms. The minimum atomic E-state index is -3.53. The molecule has 0 fully saturated rings. The summed E-state index contributed by atoms with van der Waals surface area (Å²) in [6.45, 7) is 1.90. The zero-order chi connectivity index (χ0) is 19.4. The number of carbonyl (C=O) groups is 2. The Balaban J connectivity index is 1.50. The minimum Gasteiger partial charge on any atom is -0.472 e. The second kappa shape index (κ2) is 7.83. The number of rotatable bonds is 7. The van der Waals surface area contributed by atoms with E-state index >= 15 is 0 Å². The highest BCUT2D eigenvalue weighted by atomic mass is 32.2. The molecule has 1 aromatic heterocycles. The van der Waals surface area contributed by atoms with E-state index < -0.39 is 27.9 Å². The average molecular weight is 391 g/mol. The lowest BCUT2D eigenvalue weighted by atomic mass is 10.2. The molecule has 1 aliphatic heterocycles. The quantitative estimate of drug-likeness (QED) is 0.729. The second-order valence-corrected chi connectivity index (χ2v) is 8.28. The summed E-state index contributed by atoms with van der Waals surface area (Å²) < 4.78 is 31.4. The van der Waals surface area contributed by atoms with Gasteiger partial charge in [0.05, 0.1) is 23.3 Å². The number of para-hydroxylation sites is 1. The number of amides is 2. The smallest absolute Gasteiger partial charge is 0.255 e. The van der Waals surface area contributed by atoms with Crippen molar-refractivity contribution in [1.29, 1.82) is 0 Å². The van der Waals surface area contributed by atoms with Gasteiger partial charge in [-0.1, -0.05) is 18.2 Å². The molecule has 2 aromatic rings. The van der Waals surface area contributed by atoms with E-state index in [1.54, 1.807) is 12.1 Å². The van der Waals surface area contributed by atoms with Gasteiger partial charge in [-0.25, -0.2) is 8.42 Å². The molecule has 0 spiro atoms. The third kappa shape index (κ3) is 4.30. The van der Waals surface area contributed by atoms with Gasteiger partial charge in [0.1, 0.15) is 12.3 Å². The van der Waals surface area contributed by atoms with Crippen LogP contribution in [0.3, 0.4) is 0 Å². The fraction of sp³-hybridized carbons (Fsp3) is 0.333. The molecule has 0 saturated carbocycles. The van der Waals surface area contributed by atoms with Gasteiger partial charge in [-0.3, -0.25) is 13.9 Å². The zero-order valence-electron chi connectivity index (χ0n) is 14.8. The van der Waals surface area contributed by atoms with Gasteiger partial charge in [0.25, 0.3) is 5.91 Å². The Morgan fingerprint density at radius 3 is 2.78 bits per heavy atom. The van der Waals surface area contributed by atoms with Crippen molar-refractivity contribution in [2.75, 3.05) is 23.1 Å². The van der Waals surface area contributed by atoms with Crippen LogP contribution in [0.1, 0.15) is 22.8 Å². The van der Waals surface area contributed by atoms with E-state index in [1.165, 1.54) is 29.8 Å². The molecule has 2 N–H and O–H groups in total. The number of nitrogens with zero attached hydrogens (tertiary/aromatic N) is 1. The molecule has 1 aliphatic rings. The molecule has 0 aliphatic carbocycles. The first-order chi connectivity index (χ1) is 12.9. The summed E-state index contributed by atoms with van der Waals surface area (Å²) in [5, 5.41) is 5.08. The molecule has 0 saturated heterocycles. The highest BCUT2D eigenvalue weighted by Gasteiger charge is 2.29. The molecule has 0 radical (unpaired) electrons. The highest BCUT2D eigenvalue weighted by molar-refractivity contribution is 7.92. The fourth-order valence-electron chi connectivity index (χ4n) is 2.90. The van der Waals surface area contributed by atoms with Crippen LogP contribution in [0.2, 0.25) is 0 Å². The summed E-state index contributed by atoms with van der Waals surface area (Å²) in [5.41, 5.74) is 2.01. The van der Waals surface area contributed by atoms with Gasteiger partial charge in [0.2, 0.25) is 15.9 Å². The predicted octanol–water partition coefficient (Wildman–Crippen LogP) is 0.907. The summed E-state index contributed by atoms with van der Waals surface area (Å²) in [5.74, 6) is -1.10. The molecule has 2 heterocycles. The molecule has 2 amide bonds. The Morgan fingerprint density at radius 2 is 2.04 bits per heavy atom. The van der Waals surface area contributed by atoms with E-state index in [2.05, 4.69) is 10.6 Å². The van der Waals surface area contributed by atoms with Crippen molar-refractivity contribution in [3.63, 3.8) is 0 Å². The Bertz CT molecular complexity index is 924. The number of carbonyl (C=O) groups excluding carboxylic acids is 2. The third-order valence-corrected chi connectivity index (χ3v) is 6.13. The lowest BCUT2D eigenvalue weighted by Gasteiger charge is -2.20. The number of sulfonamides is 1. The van der Waals surface area contributed by atoms with Crippen LogP contribution < -0.4 is 14.9 Å². The maximum atomic E-state index is 12.6. The Kier molecular flexibility index (Phi) is 5.50. The van der Waals surface area contributed by atoms with Crippen LogP contribution in [0.25, 0.3) is 0 Å². The summed E-state index contributed by atoms with van der Waals surface area (Å²) in [7, 11) is -3.53. The second-order valence-electron chi connectivity index (χ2n) is 6.27. The Labute approximate surface area is 157 Å². The monoisotopic (exact) mass is 391 g/mol. The molecule has 1 atom stereocenters. The van der Waals surface area contributed by atoms with Gasteiger partial charge in [0, 0.05) is 13.1 Å². The first-order valence-electron chi connectivity index (χ1n) is 8.57. The largest absolute Gasteiger partial charge is 0.472 e. The maximum absolute atomic E-state index is 12.6. The van der Waals surface area contributed by atoms with Crippen LogP contribution in [-0.2, 0) is 21.2 Å². The minimum absolute atomic E-state index is 0.0360. The van der Waals surface area contributed by atoms with Crippen LogP contribution in [0.4, 0.5) is 5.69 Å². The van der Waals surface area contributed by atoms with Crippen molar-refractivity contribution >= 4 is 27.5 Å². The van der Waals surface area contributed by atoms with Crippen LogP contribution in [0, 0.1) is 0 Å². The van der Waals surface area contributed by atoms with E-state index in [1.807, 2.05) is 12.1 Å². The Morgan fingerprint density at radius 1 is 1.26 bits per heavy atom. The van der Waals surface area contributed by atoms with Gasteiger partial charge in [-0.2, -0.15) is 0 Å². The Hall–Kier alpha value is -2.81. The molecule has 0 bridgehead atoms. The summed E-state index contributed by atoms with van der Waals surface area (Å²) in [6, 6.07) is 8.07. The third-order valence-electron chi connectivity index (χ3n) is 4.36. The van der Waals surface area contributed by atoms with E-state index in [0.717, 1.165) is 5.56 Å². The van der Waals surface area contributed by atoms with Crippen molar-refractivity contribution < 1.29 is 22.4 Å². The fourth-order valence-corrected chi connectivity index (χ4v) is 4.33. The van der Waals surface area contributed by atoms with Gasteiger partial charge in [-0.15, -0.1) is 0 Å². The summed E-state index contributed by atoms with van der Waals surface area (Å²) in [6.07, 6.45) is 3.32. The molecule has 144 valence electrons.